The van der Waals surface area contributed by atoms with Gasteiger partial charge in [0.1, 0.15) is 0 Å². The lowest BCUT2D eigenvalue weighted by Crippen LogP contribution is -2.19. The summed E-state index contributed by atoms with van der Waals surface area (Å²) in [5.74, 6) is 1.56. The van der Waals surface area contributed by atoms with Gasteiger partial charge in [0.2, 0.25) is 0 Å². The second-order valence-electron chi connectivity index (χ2n) is 5.73. The molecule has 2 nitrogen and oxygen atoms in total. The number of pyridine rings is 1. The minimum absolute atomic E-state index is 0.731. The third-order valence-corrected chi connectivity index (χ3v) is 4.27. The van der Waals surface area contributed by atoms with E-state index in [1.54, 1.807) is 0 Å². The Morgan fingerprint density at radius 3 is 2.94 bits per heavy atom. The van der Waals surface area contributed by atoms with Gasteiger partial charge >= 0.3 is 0 Å². The SMILES string of the molecule is c1ccc2c(C3CC3CNC3CC3)cncc2c1. The van der Waals surface area contributed by atoms with Crippen molar-refractivity contribution in [2.45, 2.75) is 31.2 Å². The molecule has 2 unspecified atom stereocenters. The van der Waals surface area contributed by atoms with Crippen LogP contribution in [0.25, 0.3) is 10.8 Å². The lowest BCUT2D eigenvalue weighted by Gasteiger charge is -2.06. The summed E-state index contributed by atoms with van der Waals surface area (Å²) >= 11 is 0. The Kier molecular flexibility index (Phi) is 2.37. The van der Waals surface area contributed by atoms with Gasteiger partial charge < -0.3 is 5.32 Å². The van der Waals surface area contributed by atoms with Crippen LogP contribution in [0.5, 0.6) is 0 Å². The fourth-order valence-corrected chi connectivity index (χ4v) is 2.89. The molecule has 0 radical (unpaired) electrons. The van der Waals surface area contributed by atoms with Crippen molar-refractivity contribution in [2.24, 2.45) is 5.92 Å². The molecular formula is C16H18N2. The first kappa shape index (κ1) is 10.5. The summed E-state index contributed by atoms with van der Waals surface area (Å²) in [7, 11) is 0. The van der Waals surface area contributed by atoms with E-state index >= 15 is 0 Å². The van der Waals surface area contributed by atoms with Gasteiger partial charge in [-0.2, -0.15) is 0 Å². The van der Waals surface area contributed by atoms with Gasteiger partial charge in [0.25, 0.3) is 0 Å². The largest absolute Gasteiger partial charge is 0.314 e. The van der Waals surface area contributed by atoms with Crippen LogP contribution in [0, 0.1) is 5.92 Å². The number of aromatic nitrogens is 1. The van der Waals surface area contributed by atoms with Crippen molar-refractivity contribution in [3.05, 3.63) is 42.2 Å². The Morgan fingerprint density at radius 2 is 2.06 bits per heavy atom. The van der Waals surface area contributed by atoms with E-state index in [4.69, 9.17) is 0 Å². The maximum absolute atomic E-state index is 4.40. The minimum Gasteiger partial charge on any atom is -0.314 e. The molecule has 2 atom stereocenters. The molecule has 2 aliphatic carbocycles. The molecule has 1 N–H and O–H groups in total. The molecule has 0 saturated heterocycles. The average Bonchev–Trinajstić information content (AvgIpc) is 3.30. The van der Waals surface area contributed by atoms with Crippen LogP contribution in [0.1, 0.15) is 30.7 Å². The van der Waals surface area contributed by atoms with E-state index in [9.17, 15) is 0 Å². The maximum Gasteiger partial charge on any atom is 0.0346 e. The van der Waals surface area contributed by atoms with Crippen molar-refractivity contribution in [3.8, 4) is 0 Å². The van der Waals surface area contributed by atoms with Gasteiger partial charge in [0, 0.05) is 23.8 Å². The Hall–Kier alpha value is -1.41. The van der Waals surface area contributed by atoms with Crippen molar-refractivity contribution in [3.63, 3.8) is 0 Å². The molecule has 0 spiro atoms. The summed E-state index contributed by atoms with van der Waals surface area (Å²) < 4.78 is 0. The van der Waals surface area contributed by atoms with Gasteiger partial charge in [-0.25, -0.2) is 0 Å². The summed E-state index contributed by atoms with van der Waals surface area (Å²) in [6.07, 6.45) is 8.14. The van der Waals surface area contributed by atoms with Gasteiger partial charge in [-0.1, -0.05) is 24.3 Å². The van der Waals surface area contributed by atoms with Gasteiger partial charge in [-0.05, 0) is 48.6 Å². The van der Waals surface area contributed by atoms with E-state index < -0.39 is 0 Å². The zero-order valence-electron chi connectivity index (χ0n) is 10.5. The predicted molar refractivity (Wildman–Crippen MR) is 73.6 cm³/mol. The summed E-state index contributed by atoms with van der Waals surface area (Å²) in [6, 6.07) is 9.44. The molecule has 1 heterocycles. The van der Waals surface area contributed by atoms with Crippen LogP contribution in [-0.4, -0.2) is 17.6 Å². The molecule has 1 aromatic carbocycles. The second-order valence-corrected chi connectivity index (χ2v) is 5.73. The first-order chi connectivity index (χ1) is 8.92. The summed E-state index contributed by atoms with van der Waals surface area (Å²) in [4.78, 5) is 4.40. The topological polar surface area (TPSA) is 24.9 Å². The van der Waals surface area contributed by atoms with Crippen molar-refractivity contribution >= 4 is 10.8 Å². The highest BCUT2D eigenvalue weighted by atomic mass is 15.0. The number of fused-ring (bicyclic) bond motifs is 1. The highest BCUT2D eigenvalue weighted by Gasteiger charge is 2.39. The van der Waals surface area contributed by atoms with E-state index in [0.717, 1.165) is 17.9 Å². The third-order valence-electron chi connectivity index (χ3n) is 4.27. The number of rotatable bonds is 4. The highest BCUT2D eigenvalue weighted by Crippen LogP contribution is 2.49. The van der Waals surface area contributed by atoms with Crippen molar-refractivity contribution in [1.82, 2.24) is 10.3 Å². The van der Waals surface area contributed by atoms with Crippen LogP contribution < -0.4 is 5.32 Å². The van der Waals surface area contributed by atoms with Crippen LogP contribution in [-0.2, 0) is 0 Å². The molecule has 0 aliphatic heterocycles. The normalized spacial score (nSPS) is 26.4. The molecular weight excluding hydrogens is 220 g/mol. The van der Waals surface area contributed by atoms with E-state index in [1.807, 2.05) is 6.20 Å². The smallest absolute Gasteiger partial charge is 0.0346 e. The lowest BCUT2D eigenvalue weighted by atomic mass is 10.0. The van der Waals surface area contributed by atoms with Crippen molar-refractivity contribution in [2.75, 3.05) is 6.54 Å². The molecule has 18 heavy (non-hydrogen) atoms. The molecule has 1 aromatic heterocycles. The first-order valence-electron chi connectivity index (χ1n) is 6.98. The van der Waals surface area contributed by atoms with Crippen LogP contribution >= 0.6 is 0 Å². The average molecular weight is 238 g/mol. The Morgan fingerprint density at radius 1 is 1.17 bits per heavy atom. The fourth-order valence-electron chi connectivity index (χ4n) is 2.89. The van der Waals surface area contributed by atoms with Crippen LogP contribution in [0.15, 0.2) is 36.7 Å². The van der Waals surface area contributed by atoms with Crippen molar-refractivity contribution in [1.29, 1.82) is 0 Å². The van der Waals surface area contributed by atoms with E-state index in [0.29, 0.717) is 0 Å². The molecule has 2 aromatic rings. The van der Waals surface area contributed by atoms with E-state index in [-0.39, 0.29) is 0 Å². The van der Waals surface area contributed by atoms with Gasteiger partial charge in [-0.3, -0.25) is 4.98 Å². The van der Waals surface area contributed by atoms with Gasteiger partial charge in [-0.15, -0.1) is 0 Å². The number of hydrogen-bond donors (Lipinski definition) is 1. The van der Waals surface area contributed by atoms with Crippen LogP contribution in [0.3, 0.4) is 0 Å². The van der Waals surface area contributed by atoms with Crippen LogP contribution in [0.4, 0.5) is 0 Å². The number of benzene rings is 1. The van der Waals surface area contributed by atoms with E-state index in [1.165, 1.54) is 42.1 Å². The summed E-state index contributed by atoms with van der Waals surface area (Å²) in [5, 5.41) is 6.31. The molecule has 2 heteroatoms. The molecule has 0 amide bonds. The standard InChI is InChI=1S/C16H18N2/c1-2-4-14-11(3-1)8-17-10-16(14)15-7-12(15)9-18-13-5-6-13/h1-4,8,10,12-13,15,18H,5-7,9H2. The fraction of sp³-hybridized carbons (Fsp3) is 0.438. The summed E-state index contributed by atoms with van der Waals surface area (Å²) in [6.45, 7) is 1.19. The molecule has 2 fully saturated rings. The monoisotopic (exact) mass is 238 g/mol. The Bertz CT molecular complexity index is 569. The molecule has 4 rings (SSSR count). The summed E-state index contributed by atoms with van der Waals surface area (Å²) in [5.41, 5.74) is 1.45. The second kappa shape index (κ2) is 4.06. The van der Waals surface area contributed by atoms with Gasteiger partial charge in [0.15, 0.2) is 0 Å². The number of nitrogens with one attached hydrogen (secondary N) is 1. The Labute approximate surface area is 107 Å². The molecule has 2 saturated carbocycles. The third kappa shape index (κ3) is 1.91. The van der Waals surface area contributed by atoms with Crippen molar-refractivity contribution < 1.29 is 0 Å². The quantitative estimate of drug-likeness (QED) is 0.885. The lowest BCUT2D eigenvalue weighted by molar-refractivity contribution is 0.624. The predicted octanol–water partition coefficient (Wildman–Crippen LogP) is 3.09. The minimum atomic E-state index is 0.731. The molecule has 2 aliphatic rings. The zero-order chi connectivity index (χ0) is 11.9. The zero-order valence-corrected chi connectivity index (χ0v) is 10.5. The molecule has 0 bridgehead atoms. The van der Waals surface area contributed by atoms with Crippen LogP contribution in [0.2, 0.25) is 0 Å². The molecule has 92 valence electrons. The highest BCUT2D eigenvalue weighted by molar-refractivity contribution is 5.85. The number of nitrogens with zero attached hydrogens (tertiary/aromatic N) is 1. The van der Waals surface area contributed by atoms with E-state index in [2.05, 4.69) is 40.8 Å². The Balaban J connectivity index is 1.56. The maximum atomic E-state index is 4.40. The first-order valence-corrected chi connectivity index (χ1v) is 6.98. The number of hydrogen-bond acceptors (Lipinski definition) is 2. The van der Waals surface area contributed by atoms with Gasteiger partial charge in [0.05, 0.1) is 0 Å².